The summed E-state index contributed by atoms with van der Waals surface area (Å²) in [6, 6.07) is -4.96. The lowest BCUT2D eigenvalue weighted by Crippen LogP contribution is -2.70. The Balaban J connectivity index is 1.64. The molecular weight excluding hydrogens is 939 g/mol. The van der Waals surface area contributed by atoms with Crippen LogP contribution in [-0.4, -0.2) is 196 Å². The molecule has 0 aromatic rings. The molecule has 0 bridgehead atoms. The van der Waals surface area contributed by atoms with Gasteiger partial charge < -0.3 is 83.9 Å². The second-order valence-corrected chi connectivity index (χ2v) is 22.6. The van der Waals surface area contributed by atoms with Gasteiger partial charge in [0, 0.05) is 20.3 Å². The molecule has 7 N–H and O–H groups in total. The van der Waals surface area contributed by atoms with Gasteiger partial charge in [-0.1, -0.05) is 0 Å². The number of alkyl carbamates (subject to hydrolysis) is 2. The zero-order valence-corrected chi connectivity index (χ0v) is 43.8. The summed E-state index contributed by atoms with van der Waals surface area (Å²) in [5.74, 6) is 0. The van der Waals surface area contributed by atoms with Gasteiger partial charge in [-0.05, 0) is 134 Å². The van der Waals surface area contributed by atoms with Crippen LogP contribution in [-0.2, 0) is 52.3 Å². The molecule has 1 saturated carbocycles. The van der Waals surface area contributed by atoms with Gasteiger partial charge in [0.1, 0.15) is 46.8 Å². The van der Waals surface area contributed by atoms with Crippen LogP contribution in [0.5, 0.6) is 0 Å². The van der Waals surface area contributed by atoms with E-state index in [-0.39, 0.29) is 32.1 Å². The number of carbonyl (C=O) groups is 5. The first-order valence-electron chi connectivity index (χ1n) is 24.5. The van der Waals surface area contributed by atoms with Gasteiger partial charge in [-0.2, -0.15) is 0 Å². The van der Waals surface area contributed by atoms with Crippen LogP contribution in [0.4, 0.5) is 19.2 Å². The zero-order chi connectivity index (χ0) is 53.3. The largest absolute Gasteiger partial charge is 0.465 e. The number of amides is 5. The van der Waals surface area contributed by atoms with Gasteiger partial charge in [0.25, 0.3) is 0 Å². The highest BCUT2D eigenvalue weighted by atomic mass is 16.7. The minimum absolute atomic E-state index is 0.0961. The molecule has 13 atom stereocenters. The molecule has 5 amide bonds. The van der Waals surface area contributed by atoms with E-state index in [4.69, 9.17) is 47.5 Å². The molecule has 4 aliphatic rings. The van der Waals surface area contributed by atoms with Gasteiger partial charge >= 0.3 is 24.4 Å². The number of aliphatic hydroxyl groups is 3. The first-order valence-corrected chi connectivity index (χ1v) is 24.5. The molecule has 3 saturated heterocycles. The van der Waals surface area contributed by atoms with Crippen molar-refractivity contribution in [1.82, 2.24) is 25.9 Å². The lowest BCUT2D eigenvalue weighted by Gasteiger charge is -2.50. The zero-order valence-electron chi connectivity index (χ0n) is 43.8. The van der Waals surface area contributed by atoms with Crippen molar-refractivity contribution in [2.75, 3.05) is 33.4 Å². The quantitative estimate of drug-likeness (QED) is 0.0446. The van der Waals surface area contributed by atoms with Gasteiger partial charge in [-0.3, -0.25) is 9.63 Å². The lowest BCUT2D eigenvalue weighted by atomic mass is 9.83. The minimum Gasteiger partial charge on any atom is -0.465 e. The summed E-state index contributed by atoms with van der Waals surface area (Å²) in [4.78, 5) is 71.9. The molecule has 4 rings (SSSR count). The van der Waals surface area contributed by atoms with E-state index in [1.54, 1.807) is 62.3 Å². The second-order valence-electron chi connectivity index (χ2n) is 22.6. The predicted molar refractivity (Wildman–Crippen MR) is 250 cm³/mol. The van der Waals surface area contributed by atoms with Crippen molar-refractivity contribution in [1.29, 1.82) is 0 Å². The van der Waals surface area contributed by atoms with E-state index in [9.17, 15) is 44.4 Å². The monoisotopic (exact) mass is 1020 g/mol. The Labute approximate surface area is 417 Å². The maximum Gasteiger partial charge on any atom is 0.410 e. The van der Waals surface area contributed by atoms with E-state index in [0.29, 0.717) is 32.5 Å². The van der Waals surface area contributed by atoms with Crippen LogP contribution in [0.1, 0.15) is 134 Å². The Morgan fingerprint density at radius 2 is 1.34 bits per heavy atom. The Bertz CT molecular complexity index is 1750. The molecular formula is C47H83N5O19. The highest BCUT2D eigenvalue weighted by Crippen LogP contribution is 2.35. The molecule has 0 spiro atoms. The number of hydrogen-bond acceptors (Lipinski definition) is 18. The average Bonchev–Trinajstić information content (AvgIpc) is 3.21. The highest BCUT2D eigenvalue weighted by molar-refractivity contribution is 5.69. The van der Waals surface area contributed by atoms with Crippen LogP contribution < -0.4 is 16.0 Å². The van der Waals surface area contributed by atoms with Crippen LogP contribution in [0, 0.1) is 0 Å². The number of nitrogens with one attached hydrogen (secondary N) is 3. The fraction of sp³-hybridized carbons (Fsp3) is 0.894. The molecule has 4 fully saturated rings. The normalized spacial score (nSPS) is 31.9. The summed E-state index contributed by atoms with van der Waals surface area (Å²) >= 11 is 0. The fourth-order valence-corrected chi connectivity index (χ4v) is 8.87. The van der Waals surface area contributed by atoms with Crippen LogP contribution in [0.3, 0.4) is 0 Å². The highest BCUT2D eigenvalue weighted by Gasteiger charge is 2.55. The summed E-state index contributed by atoms with van der Waals surface area (Å²) in [6.45, 7) is 20.4. The second kappa shape index (κ2) is 24.9. The SMILES string of the molecule is CN(C(=O)OC(C)(C)C)[C@@H]1[C@@H](O)[C@@H](O[C@@H]2[C@H](O)[C@H](O[C@H]3O[C@H](CN(C=O)OC(C)(C)CCCOC4CCCCO4)CC[C@H]3NC(=O)OC(C)(C)C)[C@@H](NC(=O)OC(C)(C)C)C[C@H]2NC(=O)O)OC[C@]1(C)O. The van der Waals surface area contributed by atoms with Gasteiger partial charge in [0.15, 0.2) is 18.9 Å². The number of nitrogens with zero attached hydrogens (tertiary/aromatic N) is 2. The smallest absolute Gasteiger partial charge is 0.410 e. The molecule has 0 radical (unpaired) electrons. The summed E-state index contributed by atoms with van der Waals surface area (Å²) in [7, 11) is 1.31. The maximum absolute atomic E-state index is 13.4. The predicted octanol–water partition coefficient (Wildman–Crippen LogP) is 3.65. The van der Waals surface area contributed by atoms with E-state index in [1.807, 2.05) is 13.8 Å². The van der Waals surface area contributed by atoms with E-state index < -0.39 is 126 Å². The van der Waals surface area contributed by atoms with Crippen LogP contribution in [0.25, 0.3) is 0 Å². The number of likely N-dealkylation sites (N-methyl/N-ethyl adjacent to an activating group) is 1. The molecule has 0 aromatic heterocycles. The van der Waals surface area contributed by atoms with E-state index in [2.05, 4.69) is 16.0 Å². The van der Waals surface area contributed by atoms with Crippen LogP contribution in [0.15, 0.2) is 0 Å². The number of ether oxygens (including phenoxy) is 9. The number of hydrogen-bond donors (Lipinski definition) is 7. The third kappa shape index (κ3) is 19.2. The lowest BCUT2D eigenvalue weighted by molar-refractivity contribution is -0.316. The van der Waals surface area contributed by atoms with Crippen molar-refractivity contribution in [2.45, 2.75) is 236 Å². The third-order valence-corrected chi connectivity index (χ3v) is 11.8. The molecule has 1 unspecified atom stereocenters. The maximum atomic E-state index is 13.4. The summed E-state index contributed by atoms with van der Waals surface area (Å²) in [6.07, 6.45) is -10.5. The third-order valence-electron chi connectivity index (χ3n) is 11.8. The van der Waals surface area contributed by atoms with Gasteiger partial charge in [-0.25, -0.2) is 24.2 Å². The number of hydroxylamine groups is 2. The summed E-state index contributed by atoms with van der Waals surface area (Å²) in [5, 5.41) is 54.5. The van der Waals surface area contributed by atoms with E-state index >= 15 is 0 Å². The molecule has 3 aliphatic heterocycles. The first-order chi connectivity index (χ1) is 32.8. The van der Waals surface area contributed by atoms with Crippen molar-refractivity contribution < 1.29 is 91.9 Å². The average molecular weight is 1020 g/mol. The Morgan fingerprint density at radius 1 is 0.761 bits per heavy atom. The molecule has 410 valence electrons. The Hall–Kier alpha value is -3.85. The molecule has 24 nitrogen and oxygen atoms in total. The van der Waals surface area contributed by atoms with Gasteiger partial charge in [-0.15, -0.1) is 0 Å². The molecule has 0 aromatic carbocycles. The molecule has 24 heteroatoms. The topological polar surface area (TPSA) is 301 Å². The minimum atomic E-state index is -1.89. The summed E-state index contributed by atoms with van der Waals surface area (Å²) < 4.78 is 53.3. The van der Waals surface area contributed by atoms with Crippen LogP contribution >= 0.6 is 0 Å². The standard InChI is InChI=1S/C47H83N5O19/c1-43(2,3)68-40(58)49-28-19-18-27(24-52(26-53)71-46(10,11)20-16-22-63-31-17-14-15-21-62-31)65-37(28)66-35-30(50-41(59)69-44(4,5)6)23-29(48-39(56)57)34(32(35)54)67-38-33(55)36(47(12,61)25-64-38)51(13)42(60)70-45(7,8)9/h26-38,48,54-55,61H,14-25H2,1-13H3,(H,49,58)(H,50,59)(H,56,57)/t27-,28+,29+,30-,31?,32-,33+,34-,35+,36+,37+,38+,47-/m0/s1. The fourth-order valence-electron chi connectivity index (χ4n) is 8.87. The van der Waals surface area contributed by atoms with Crippen molar-refractivity contribution >= 4 is 30.8 Å². The number of carboxylic acid groups (broad SMARTS) is 1. The number of aliphatic hydroxyl groups excluding tert-OH is 2. The van der Waals surface area contributed by atoms with Crippen molar-refractivity contribution in [2.24, 2.45) is 0 Å². The molecule has 3 heterocycles. The Morgan fingerprint density at radius 3 is 1.89 bits per heavy atom. The van der Waals surface area contributed by atoms with Crippen molar-refractivity contribution in [3.63, 3.8) is 0 Å². The van der Waals surface area contributed by atoms with Crippen molar-refractivity contribution in [3.8, 4) is 0 Å². The van der Waals surface area contributed by atoms with E-state index in [0.717, 1.165) is 29.2 Å². The number of rotatable bonds is 18. The Kier molecular flexibility index (Phi) is 21.0. The van der Waals surface area contributed by atoms with Crippen molar-refractivity contribution in [3.05, 3.63) is 0 Å². The van der Waals surface area contributed by atoms with Gasteiger partial charge in [0.2, 0.25) is 6.41 Å². The first kappa shape index (κ1) is 59.7. The summed E-state index contributed by atoms with van der Waals surface area (Å²) in [5.41, 5.74) is -5.50. The molecule has 71 heavy (non-hydrogen) atoms. The van der Waals surface area contributed by atoms with Gasteiger partial charge in [0.05, 0.1) is 49.0 Å². The van der Waals surface area contributed by atoms with E-state index in [1.165, 1.54) is 14.0 Å². The van der Waals surface area contributed by atoms with Crippen LogP contribution in [0.2, 0.25) is 0 Å². The molecule has 1 aliphatic carbocycles. The number of carbonyl (C=O) groups excluding carboxylic acids is 4.